The Morgan fingerprint density at radius 2 is 1.87 bits per heavy atom. The van der Waals surface area contributed by atoms with Crippen molar-refractivity contribution in [1.82, 2.24) is 0 Å². The smallest absolute Gasteiger partial charge is 0.338 e. The van der Waals surface area contributed by atoms with E-state index in [-0.39, 0.29) is 17.4 Å². The molecule has 0 bridgehead atoms. The van der Waals surface area contributed by atoms with Crippen molar-refractivity contribution in [2.75, 3.05) is 6.61 Å². The first-order valence-corrected chi connectivity index (χ1v) is 7.84. The van der Waals surface area contributed by atoms with Gasteiger partial charge >= 0.3 is 5.97 Å². The minimum atomic E-state index is -0.555. The molecule has 0 heterocycles. The zero-order valence-electron chi connectivity index (χ0n) is 13.4. The molecule has 0 saturated heterocycles. The summed E-state index contributed by atoms with van der Waals surface area (Å²) in [7, 11) is 0. The van der Waals surface area contributed by atoms with Crippen LogP contribution in [0.25, 0.3) is 0 Å². The number of hydrogen-bond donors (Lipinski definition) is 0. The Morgan fingerprint density at radius 3 is 2.48 bits per heavy atom. The summed E-state index contributed by atoms with van der Waals surface area (Å²) in [5, 5.41) is 0. The van der Waals surface area contributed by atoms with Crippen molar-refractivity contribution >= 4 is 5.97 Å². The molecule has 0 radical (unpaired) electrons. The summed E-state index contributed by atoms with van der Waals surface area (Å²) in [5.74, 6) is -0.944. The quantitative estimate of drug-likeness (QED) is 0.680. The fourth-order valence-electron chi connectivity index (χ4n) is 2.21. The Bertz CT molecular complexity index is 640. The van der Waals surface area contributed by atoms with E-state index in [1.807, 2.05) is 44.2 Å². The summed E-state index contributed by atoms with van der Waals surface area (Å²) in [6.07, 6.45) is 1.09. The Labute approximate surface area is 136 Å². The van der Waals surface area contributed by atoms with Crippen molar-refractivity contribution in [2.45, 2.75) is 32.8 Å². The van der Waals surface area contributed by atoms with Gasteiger partial charge in [-0.05, 0) is 36.6 Å². The van der Waals surface area contributed by atoms with Crippen molar-refractivity contribution in [3.63, 3.8) is 0 Å². The van der Waals surface area contributed by atoms with Crippen LogP contribution in [0.5, 0.6) is 5.75 Å². The van der Waals surface area contributed by atoms with Gasteiger partial charge in [0.2, 0.25) is 0 Å². The Hall–Kier alpha value is -2.36. The minimum Gasteiger partial charge on any atom is -0.491 e. The fraction of sp³-hybridized carbons (Fsp3) is 0.316. The molecular weight excluding hydrogens is 295 g/mol. The molecule has 4 heteroatoms. The lowest BCUT2D eigenvalue weighted by molar-refractivity contribution is 0.0287. The predicted molar refractivity (Wildman–Crippen MR) is 87.1 cm³/mol. The summed E-state index contributed by atoms with van der Waals surface area (Å²) in [6, 6.07) is 13.6. The molecule has 23 heavy (non-hydrogen) atoms. The maximum Gasteiger partial charge on any atom is 0.338 e. The lowest BCUT2D eigenvalue weighted by atomic mass is 10.1. The molecule has 1 atom stereocenters. The summed E-state index contributed by atoms with van der Waals surface area (Å²) in [6.45, 7) is 4.32. The minimum absolute atomic E-state index is 0.151. The monoisotopic (exact) mass is 316 g/mol. The molecule has 0 aliphatic rings. The first kappa shape index (κ1) is 17.0. The molecule has 0 aliphatic carbocycles. The molecule has 0 N–H and O–H groups in total. The zero-order chi connectivity index (χ0) is 16.7. The maximum atomic E-state index is 13.9. The number of benzene rings is 2. The van der Waals surface area contributed by atoms with E-state index < -0.39 is 11.8 Å². The van der Waals surface area contributed by atoms with Gasteiger partial charge in [-0.3, -0.25) is 0 Å². The summed E-state index contributed by atoms with van der Waals surface area (Å²) < 4.78 is 24.7. The van der Waals surface area contributed by atoms with Crippen LogP contribution in [0.3, 0.4) is 0 Å². The van der Waals surface area contributed by atoms with Crippen LogP contribution < -0.4 is 4.74 Å². The number of carbonyl (C=O) groups is 1. The van der Waals surface area contributed by atoms with E-state index in [0.29, 0.717) is 13.0 Å². The molecule has 1 unspecified atom stereocenters. The molecule has 0 spiro atoms. The van der Waals surface area contributed by atoms with E-state index in [1.165, 1.54) is 12.1 Å². The van der Waals surface area contributed by atoms with Crippen molar-refractivity contribution < 1.29 is 18.7 Å². The molecule has 0 saturated carbocycles. The third-order valence-corrected chi connectivity index (χ3v) is 3.42. The van der Waals surface area contributed by atoms with Crippen molar-refractivity contribution in [2.24, 2.45) is 0 Å². The lowest BCUT2D eigenvalue weighted by Crippen LogP contribution is -2.11. The molecular formula is C19H21FO3. The van der Waals surface area contributed by atoms with E-state index in [0.717, 1.165) is 18.1 Å². The van der Waals surface area contributed by atoms with Crippen LogP contribution in [0.4, 0.5) is 4.39 Å². The van der Waals surface area contributed by atoms with Crippen LogP contribution >= 0.6 is 0 Å². The molecule has 0 amide bonds. The van der Waals surface area contributed by atoms with Crippen LogP contribution in [-0.4, -0.2) is 12.6 Å². The molecule has 0 fully saturated rings. The topological polar surface area (TPSA) is 35.5 Å². The second-order valence-corrected chi connectivity index (χ2v) is 5.21. The molecule has 3 nitrogen and oxygen atoms in total. The highest BCUT2D eigenvalue weighted by molar-refractivity contribution is 5.89. The molecule has 122 valence electrons. The highest BCUT2D eigenvalue weighted by Crippen LogP contribution is 2.24. The Kier molecular flexibility index (Phi) is 6.15. The molecule has 2 rings (SSSR count). The largest absolute Gasteiger partial charge is 0.491 e. The number of rotatable bonds is 7. The van der Waals surface area contributed by atoms with Gasteiger partial charge in [0.25, 0.3) is 0 Å². The Balaban J connectivity index is 2.09. The third-order valence-electron chi connectivity index (χ3n) is 3.42. The third kappa shape index (κ3) is 4.55. The first-order chi connectivity index (χ1) is 11.2. The van der Waals surface area contributed by atoms with Crippen molar-refractivity contribution in [3.05, 3.63) is 65.5 Å². The number of hydrogen-bond acceptors (Lipinski definition) is 3. The van der Waals surface area contributed by atoms with E-state index in [9.17, 15) is 9.18 Å². The molecule has 0 aromatic heterocycles. The van der Waals surface area contributed by atoms with Crippen LogP contribution in [0.2, 0.25) is 0 Å². The second kappa shape index (κ2) is 8.32. The first-order valence-electron chi connectivity index (χ1n) is 7.84. The van der Waals surface area contributed by atoms with Crippen molar-refractivity contribution in [3.8, 4) is 5.75 Å². The van der Waals surface area contributed by atoms with Gasteiger partial charge < -0.3 is 9.47 Å². The number of esters is 1. The standard InChI is InChI=1S/C19H21FO3/c1-3-12-22-18-11-10-15(13-16(18)20)19(21)23-17(4-2)14-8-6-5-7-9-14/h5-11,13,17H,3-4,12H2,1-2H3. The van der Waals surface area contributed by atoms with Gasteiger partial charge in [0.1, 0.15) is 6.10 Å². The van der Waals surface area contributed by atoms with Gasteiger partial charge in [0.05, 0.1) is 12.2 Å². The van der Waals surface area contributed by atoms with Crippen LogP contribution in [0.15, 0.2) is 48.5 Å². The van der Waals surface area contributed by atoms with Crippen LogP contribution in [0, 0.1) is 5.82 Å². The maximum absolute atomic E-state index is 13.9. The Morgan fingerprint density at radius 1 is 1.13 bits per heavy atom. The summed E-state index contributed by atoms with van der Waals surface area (Å²) >= 11 is 0. The second-order valence-electron chi connectivity index (χ2n) is 5.21. The highest BCUT2D eigenvalue weighted by Gasteiger charge is 2.17. The van der Waals surface area contributed by atoms with Gasteiger partial charge in [0.15, 0.2) is 11.6 Å². The van der Waals surface area contributed by atoms with Gasteiger partial charge in [-0.2, -0.15) is 0 Å². The molecule has 2 aromatic rings. The van der Waals surface area contributed by atoms with Crippen molar-refractivity contribution in [1.29, 1.82) is 0 Å². The van der Waals surface area contributed by atoms with E-state index in [4.69, 9.17) is 9.47 Å². The molecule has 2 aromatic carbocycles. The molecule has 0 aliphatic heterocycles. The van der Waals surface area contributed by atoms with E-state index in [2.05, 4.69) is 0 Å². The summed E-state index contributed by atoms with van der Waals surface area (Å²) in [4.78, 5) is 12.2. The lowest BCUT2D eigenvalue weighted by Gasteiger charge is -2.17. The fourth-order valence-corrected chi connectivity index (χ4v) is 2.21. The SMILES string of the molecule is CCCOc1ccc(C(=O)OC(CC)c2ccccc2)cc1F. The predicted octanol–water partition coefficient (Wildman–Crippen LogP) is 4.92. The van der Waals surface area contributed by atoms with Gasteiger partial charge in [-0.25, -0.2) is 9.18 Å². The number of carbonyl (C=O) groups excluding carboxylic acids is 1. The normalized spacial score (nSPS) is 11.8. The average molecular weight is 316 g/mol. The average Bonchev–Trinajstić information content (AvgIpc) is 2.59. The number of halogens is 1. The van der Waals surface area contributed by atoms with Crippen LogP contribution in [-0.2, 0) is 4.74 Å². The van der Waals surface area contributed by atoms with Gasteiger partial charge in [0, 0.05) is 0 Å². The highest BCUT2D eigenvalue weighted by atomic mass is 19.1. The van der Waals surface area contributed by atoms with E-state index in [1.54, 1.807) is 0 Å². The summed E-state index contributed by atoms with van der Waals surface area (Å²) in [5.41, 5.74) is 1.10. The number of ether oxygens (including phenoxy) is 2. The zero-order valence-corrected chi connectivity index (χ0v) is 13.4. The van der Waals surface area contributed by atoms with E-state index >= 15 is 0 Å². The van der Waals surface area contributed by atoms with Crippen LogP contribution in [0.1, 0.15) is 48.7 Å². The van der Waals surface area contributed by atoms with Gasteiger partial charge in [-0.1, -0.05) is 44.2 Å². The van der Waals surface area contributed by atoms with Gasteiger partial charge in [-0.15, -0.1) is 0 Å².